The normalized spacial score (nSPS) is 24.0. The average Bonchev–Trinajstić information content (AvgIpc) is 2.84. The van der Waals surface area contributed by atoms with Crippen molar-refractivity contribution in [1.29, 1.82) is 0 Å². The Hall–Kier alpha value is -0.750. The molecular formula is C19H30N2O2S. The molecule has 2 aliphatic rings. The molecule has 0 amide bonds. The highest BCUT2D eigenvalue weighted by molar-refractivity contribution is 7.90. The smallest absolute Gasteiger partial charge is 0.136 e. The third kappa shape index (κ3) is 3.45. The highest BCUT2D eigenvalue weighted by Gasteiger charge is 2.47. The summed E-state index contributed by atoms with van der Waals surface area (Å²) in [6.45, 7) is 8.96. The molecule has 0 saturated carbocycles. The molecule has 3 rings (SSSR count). The van der Waals surface area contributed by atoms with Crippen LogP contribution in [0.5, 0.6) is 5.75 Å². The molecule has 0 bridgehead atoms. The predicted molar refractivity (Wildman–Crippen MR) is 99.9 cm³/mol. The van der Waals surface area contributed by atoms with E-state index >= 15 is 0 Å². The van der Waals surface area contributed by atoms with E-state index in [-0.39, 0.29) is 10.2 Å². The first-order valence-corrected chi connectivity index (χ1v) is 10.0. The minimum atomic E-state index is -1.04. The zero-order valence-corrected chi connectivity index (χ0v) is 16.1. The van der Waals surface area contributed by atoms with E-state index in [4.69, 9.17) is 4.74 Å². The number of rotatable bonds is 4. The fourth-order valence-electron chi connectivity index (χ4n) is 4.17. The van der Waals surface area contributed by atoms with Crippen molar-refractivity contribution in [3.8, 4) is 5.75 Å². The summed E-state index contributed by atoms with van der Waals surface area (Å²) in [6, 6.07) is 6.48. The predicted octanol–water partition coefficient (Wildman–Crippen LogP) is 2.76. The lowest BCUT2D eigenvalue weighted by Crippen LogP contribution is -2.46. The van der Waals surface area contributed by atoms with Crippen LogP contribution < -0.4 is 14.8 Å². The molecule has 0 radical (unpaired) electrons. The second kappa shape index (κ2) is 6.87. The molecule has 1 heterocycles. The minimum Gasteiger partial charge on any atom is -0.598 e. The molecule has 0 aromatic heterocycles. The molecule has 0 unspecified atom stereocenters. The van der Waals surface area contributed by atoms with E-state index in [2.05, 4.69) is 28.2 Å². The lowest BCUT2D eigenvalue weighted by atomic mass is 9.69. The van der Waals surface area contributed by atoms with Gasteiger partial charge in [-0.15, -0.1) is 4.72 Å². The Morgan fingerprint density at radius 1 is 1.33 bits per heavy atom. The highest BCUT2D eigenvalue weighted by Crippen LogP contribution is 2.53. The molecular weight excluding hydrogens is 320 g/mol. The van der Waals surface area contributed by atoms with Gasteiger partial charge in [0.2, 0.25) is 0 Å². The summed E-state index contributed by atoms with van der Waals surface area (Å²) >= 11 is -1.04. The zero-order chi connectivity index (χ0) is 17.4. The van der Waals surface area contributed by atoms with Crippen LogP contribution in [0.25, 0.3) is 0 Å². The van der Waals surface area contributed by atoms with Crippen molar-refractivity contribution in [2.24, 2.45) is 5.41 Å². The molecule has 4 nitrogen and oxygen atoms in total. The first-order valence-electron chi connectivity index (χ1n) is 8.89. The molecule has 1 fully saturated rings. The molecule has 134 valence electrons. The van der Waals surface area contributed by atoms with Crippen LogP contribution in [0.3, 0.4) is 0 Å². The summed E-state index contributed by atoms with van der Waals surface area (Å²) in [4.78, 5) is 0. The van der Waals surface area contributed by atoms with Crippen molar-refractivity contribution in [3.63, 3.8) is 0 Å². The van der Waals surface area contributed by atoms with Crippen molar-refractivity contribution < 1.29 is 9.29 Å². The summed E-state index contributed by atoms with van der Waals surface area (Å²) in [5.74, 6) is 1.32. The molecule has 1 saturated heterocycles. The van der Waals surface area contributed by atoms with Gasteiger partial charge in [0.25, 0.3) is 0 Å². The Kier molecular flexibility index (Phi) is 5.17. The molecule has 24 heavy (non-hydrogen) atoms. The molecule has 1 aromatic carbocycles. The number of hydrogen-bond donors (Lipinski definition) is 2. The first kappa shape index (κ1) is 18.1. The lowest BCUT2D eigenvalue weighted by molar-refractivity contribution is 0.172. The van der Waals surface area contributed by atoms with E-state index in [0.29, 0.717) is 5.92 Å². The van der Waals surface area contributed by atoms with Crippen LogP contribution in [-0.2, 0) is 17.8 Å². The second-order valence-corrected chi connectivity index (χ2v) is 10.2. The van der Waals surface area contributed by atoms with Gasteiger partial charge < -0.3 is 14.6 Å². The molecule has 1 aliphatic carbocycles. The highest BCUT2D eigenvalue weighted by atomic mass is 32.2. The van der Waals surface area contributed by atoms with Gasteiger partial charge >= 0.3 is 0 Å². The van der Waals surface area contributed by atoms with Crippen LogP contribution in [0.15, 0.2) is 18.2 Å². The van der Waals surface area contributed by atoms with Crippen LogP contribution in [0.2, 0.25) is 0 Å². The van der Waals surface area contributed by atoms with Gasteiger partial charge in [-0.25, -0.2) is 0 Å². The average molecular weight is 351 g/mol. The summed E-state index contributed by atoms with van der Waals surface area (Å²) in [5.41, 5.74) is 3.11. The topological polar surface area (TPSA) is 56.3 Å². The lowest BCUT2D eigenvalue weighted by Gasteiger charge is -2.40. The fraction of sp³-hybridized carbons (Fsp3) is 0.684. The Morgan fingerprint density at radius 2 is 2.04 bits per heavy atom. The van der Waals surface area contributed by atoms with Crippen LogP contribution in [0, 0.1) is 5.41 Å². The zero-order valence-electron chi connectivity index (χ0n) is 15.3. The number of benzene rings is 1. The third-order valence-corrected chi connectivity index (χ3v) is 7.13. The number of fused-ring (bicyclic) bond motifs is 1. The maximum atomic E-state index is 12.5. The molecule has 1 spiro atoms. The SMILES string of the molecule is COc1ccc2c(c1)[C@@H](CN[S@+]([O-])C(C)(C)C)C1(CCNCC1)C2. The van der Waals surface area contributed by atoms with Crippen LogP contribution in [0.1, 0.15) is 50.7 Å². The van der Waals surface area contributed by atoms with Gasteiger partial charge in [-0.2, -0.15) is 0 Å². The third-order valence-electron chi connectivity index (χ3n) is 5.58. The van der Waals surface area contributed by atoms with Crippen LogP contribution in [0.4, 0.5) is 0 Å². The molecule has 2 N–H and O–H groups in total. The fourth-order valence-corrected chi connectivity index (χ4v) is 4.92. The number of piperidine rings is 1. The van der Waals surface area contributed by atoms with Gasteiger partial charge in [-0.1, -0.05) is 6.07 Å². The Balaban J connectivity index is 1.86. The van der Waals surface area contributed by atoms with Crippen molar-refractivity contribution >= 4 is 11.4 Å². The summed E-state index contributed by atoms with van der Waals surface area (Å²) in [7, 11) is 1.72. The van der Waals surface area contributed by atoms with E-state index < -0.39 is 11.4 Å². The largest absolute Gasteiger partial charge is 0.598 e. The van der Waals surface area contributed by atoms with E-state index in [0.717, 1.165) is 31.8 Å². The standard InChI is InChI=1S/C19H30N2O2S/c1-18(2,3)24(22)21-13-17-16-11-15(23-4)6-5-14(16)12-19(17)7-9-20-10-8-19/h5-6,11,17,20-21H,7-10,12-13H2,1-4H3/t17-,24-/m1/s1. The molecule has 1 aliphatic heterocycles. The summed E-state index contributed by atoms with van der Waals surface area (Å²) in [5, 5.41) is 3.49. The number of methoxy groups -OCH3 is 1. The van der Waals surface area contributed by atoms with Crippen molar-refractivity contribution in [2.45, 2.75) is 50.7 Å². The molecule has 2 atom stereocenters. The van der Waals surface area contributed by atoms with Crippen molar-refractivity contribution in [2.75, 3.05) is 26.7 Å². The number of nitrogens with one attached hydrogen (secondary N) is 2. The van der Waals surface area contributed by atoms with Crippen molar-refractivity contribution in [3.05, 3.63) is 29.3 Å². The van der Waals surface area contributed by atoms with E-state index in [1.165, 1.54) is 24.0 Å². The number of ether oxygens (including phenoxy) is 1. The van der Waals surface area contributed by atoms with Gasteiger partial charge in [-0.05, 0) is 81.8 Å². The Morgan fingerprint density at radius 3 is 2.67 bits per heavy atom. The molecule has 5 heteroatoms. The maximum Gasteiger partial charge on any atom is 0.136 e. The van der Waals surface area contributed by atoms with Gasteiger partial charge in [0.15, 0.2) is 0 Å². The Labute approximate surface area is 149 Å². The van der Waals surface area contributed by atoms with Gasteiger partial charge in [0.1, 0.15) is 10.5 Å². The van der Waals surface area contributed by atoms with E-state index in [9.17, 15) is 4.55 Å². The quantitative estimate of drug-likeness (QED) is 0.820. The van der Waals surface area contributed by atoms with Crippen LogP contribution >= 0.6 is 0 Å². The minimum absolute atomic E-state index is 0.239. The first-order chi connectivity index (χ1) is 11.4. The monoisotopic (exact) mass is 350 g/mol. The number of hydrogen-bond acceptors (Lipinski definition) is 4. The summed E-state index contributed by atoms with van der Waals surface area (Å²) in [6.07, 6.45) is 3.49. The van der Waals surface area contributed by atoms with Gasteiger partial charge in [0.05, 0.1) is 7.11 Å². The summed E-state index contributed by atoms with van der Waals surface area (Å²) < 4.78 is 21.0. The Bertz CT molecular complexity index is 579. The van der Waals surface area contributed by atoms with E-state index in [1.807, 2.05) is 20.8 Å². The van der Waals surface area contributed by atoms with Gasteiger partial charge in [-0.3, -0.25) is 0 Å². The second-order valence-electron chi connectivity index (χ2n) is 8.14. The van der Waals surface area contributed by atoms with Gasteiger partial charge in [0, 0.05) is 23.8 Å². The van der Waals surface area contributed by atoms with Crippen LogP contribution in [-0.4, -0.2) is 36.0 Å². The van der Waals surface area contributed by atoms with Crippen molar-refractivity contribution in [1.82, 2.24) is 10.0 Å². The maximum absolute atomic E-state index is 12.5. The molecule has 1 aromatic rings. The van der Waals surface area contributed by atoms with E-state index in [1.54, 1.807) is 7.11 Å².